The summed E-state index contributed by atoms with van der Waals surface area (Å²) in [5.74, 6) is 1.88. The summed E-state index contributed by atoms with van der Waals surface area (Å²) in [6.45, 7) is 0. The molecule has 0 spiro atoms. The van der Waals surface area contributed by atoms with Crippen LogP contribution in [0.1, 0.15) is 0 Å². The Kier molecular flexibility index (Phi) is 7.42. The van der Waals surface area contributed by atoms with E-state index in [2.05, 4.69) is 173 Å². The molecule has 3 aromatic heterocycles. The van der Waals surface area contributed by atoms with Gasteiger partial charge in [0.25, 0.3) is 0 Å². The Morgan fingerprint density at radius 1 is 0.286 bits per heavy atom. The molecule has 56 heavy (non-hydrogen) atoms. The number of hydrogen-bond acceptors (Lipinski definition) is 3. The second kappa shape index (κ2) is 13.0. The molecule has 0 bridgehead atoms. The average Bonchev–Trinajstić information content (AvgIpc) is 3.80. The summed E-state index contributed by atoms with van der Waals surface area (Å²) in [6.07, 6.45) is 0. The minimum atomic E-state index is 0.619. The predicted octanol–water partition coefficient (Wildman–Crippen LogP) is 12.7. The van der Waals surface area contributed by atoms with Gasteiger partial charge in [-0.15, -0.1) is 0 Å². The van der Waals surface area contributed by atoms with Crippen molar-refractivity contribution in [2.24, 2.45) is 0 Å². The van der Waals surface area contributed by atoms with Crippen LogP contribution in [-0.2, 0) is 0 Å². The minimum Gasteiger partial charge on any atom is -0.309 e. The van der Waals surface area contributed by atoms with E-state index in [-0.39, 0.29) is 0 Å². The molecule has 8 aromatic carbocycles. The van der Waals surface area contributed by atoms with E-state index in [9.17, 15) is 0 Å². The SMILES string of the molecule is c1ccc(-c2cccc(-c3nc(-c4ccccc4)nc(-c4cccc(-n5c6ccccc6c6c5ccc5c7ccccc7n(-c7ccccc7)c56)c4)n3)c2)cc1. The number of fused-ring (bicyclic) bond motifs is 7. The molecule has 262 valence electrons. The molecular formula is C51H33N5. The molecule has 0 N–H and O–H groups in total. The van der Waals surface area contributed by atoms with Crippen molar-refractivity contribution >= 4 is 43.6 Å². The molecule has 5 nitrogen and oxygen atoms in total. The number of aromatic nitrogens is 5. The fourth-order valence-electron chi connectivity index (χ4n) is 8.24. The second-order valence-corrected chi connectivity index (χ2v) is 14.1. The van der Waals surface area contributed by atoms with E-state index >= 15 is 0 Å². The van der Waals surface area contributed by atoms with Gasteiger partial charge in [0.05, 0.1) is 22.1 Å². The summed E-state index contributed by atoms with van der Waals surface area (Å²) in [7, 11) is 0. The molecule has 0 aliphatic rings. The fourth-order valence-corrected chi connectivity index (χ4v) is 8.24. The Balaban J connectivity index is 1.13. The Morgan fingerprint density at radius 2 is 0.786 bits per heavy atom. The lowest BCUT2D eigenvalue weighted by atomic mass is 10.0. The lowest BCUT2D eigenvalue weighted by molar-refractivity contribution is 1.07. The van der Waals surface area contributed by atoms with Crippen molar-refractivity contribution in [1.82, 2.24) is 24.1 Å². The van der Waals surface area contributed by atoms with Crippen molar-refractivity contribution in [3.63, 3.8) is 0 Å². The molecular weight excluding hydrogens is 683 g/mol. The first-order valence-corrected chi connectivity index (χ1v) is 18.9. The third-order valence-electron chi connectivity index (χ3n) is 10.7. The summed E-state index contributed by atoms with van der Waals surface area (Å²) < 4.78 is 4.80. The molecule has 0 aliphatic heterocycles. The number of hydrogen-bond donors (Lipinski definition) is 0. The van der Waals surface area contributed by atoms with Gasteiger partial charge in [0.15, 0.2) is 17.5 Å². The Labute approximate surface area is 323 Å². The van der Waals surface area contributed by atoms with Gasteiger partial charge in [-0.1, -0.05) is 152 Å². The van der Waals surface area contributed by atoms with Crippen molar-refractivity contribution in [1.29, 1.82) is 0 Å². The van der Waals surface area contributed by atoms with Gasteiger partial charge in [-0.2, -0.15) is 0 Å². The van der Waals surface area contributed by atoms with Crippen LogP contribution in [0.25, 0.3) is 100 Å². The fraction of sp³-hybridized carbons (Fsp3) is 0. The van der Waals surface area contributed by atoms with Crippen LogP contribution in [0.3, 0.4) is 0 Å². The first-order chi connectivity index (χ1) is 27.8. The highest BCUT2D eigenvalue weighted by molar-refractivity contribution is 6.26. The molecule has 3 heterocycles. The zero-order valence-electron chi connectivity index (χ0n) is 30.3. The average molecular weight is 716 g/mol. The normalized spacial score (nSPS) is 11.6. The van der Waals surface area contributed by atoms with Crippen LogP contribution >= 0.6 is 0 Å². The highest BCUT2D eigenvalue weighted by Gasteiger charge is 2.21. The summed E-state index contributed by atoms with van der Waals surface area (Å²) in [6, 6.07) is 70.3. The van der Waals surface area contributed by atoms with Crippen LogP contribution in [0.15, 0.2) is 200 Å². The van der Waals surface area contributed by atoms with E-state index in [1.165, 1.54) is 32.6 Å². The largest absolute Gasteiger partial charge is 0.309 e. The molecule has 0 saturated heterocycles. The topological polar surface area (TPSA) is 48.5 Å². The third kappa shape index (κ3) is 5.21. The number of rotatable bonds is 6. The molecule has 0 unspecified atom stereocenters. The van der Waals surface area contributed by atoms with Gasteiger partial charge in [-0.05, 0) is 59.7 Å². The maximum Gasteiger partial charge on any atom is 0.164 e. The molecule has 0 radical (unpaired) electrons. The summed E-state index contributed by atoms with van der Waals surface area (Å²) in [4.78, 5) is 15.3. The maximum absolute atomic E-state index is 5.16. The Hall–Kier alpha value is -7.63. The standard InChI is InChI=1S/C51H33N5/c1-4-16-34(17-5-1)36-20-14-21-37(32-36)50-52-49(35-18-6-2-7-19-35)53-51(54-50)38-22-15-25-40(33-38)55-45-29-13-11-27-43(45)47-46(55)31-30-42-41-26-10-12-28-44(41)56(48(42)47)39-23-8-3-9-24-39/h1-33H. The van der Waals surface area contributed by atoms with Crippen molar-refractivity contribution in [3.05, 3.63) is 200 Å². The van der Waals surface area contributed by atoms with Gasteiger partial charge >= 0.3 is 0 Å². The molecule has 0 atom stereocenters. The van der Waals surface area contributed by atoms with Crippen LogP contribution in [0.4, 0.5) is 0 Å². The van der Waals surface area contributed by atoms with Crippen LogP contribution < -0.4 is 0 Å². The van der Waals surface area contributed by atoms with Gasteiger partial charge in [-0.3, -0.25) is 0 Å². The summed E-state index contributed by atoms with van der Waals surface area (Å²) >= 11 is 0. The molecule has 0 fully saturated rings. The summed E-state index contributed by atoms with van der Waals surface area (Å²) in [5.41, 5.74) is 11.9. The van der Waals surface area contributed by atoms with Gasteiger partial charge in [-0.25, -0.2) is 15.0 Å². The lowest BCUT2D eigenvalue weighted by Crippen LogP contribution is -2.01. The van der Waals surface area contributed by atoms with Gasteiger partial charge in [0.2, 0.25) is 0 Å². The van der Waals surface area contributed by atoms with E-state index in [1.54, 1.807) is 0 Å². The molecule has 0 amide bonds. The first-order valence-electron chi connectivity index (χ1n) is 18.9. The minimum absolute atomic E-state index is 0.619. The van der Waals surface area contributed by atoms with Crippen molar-refractivity contribution in [3.8, 4) is 56.7 Å². The van der Waals surface area contributed by atoms with Crippen molar-refractivity contribution in [2.45, 2.75) is 0 Å². The highest BCUT2D eigenvalue weighted by atomic mass is 15.0. The first kappa shape index (κ1) is 31.9. The number of nitrogens with zero attached hydrogens (tertiary/aromatic N) is 5. The predicted molar refractivity (Wildman–Crippen MR) is 230 cm³/mol. The second-order valence-electron chi connectivity index (χ2n) is 14.1. The number of benzene rings is 8. The van der Waals surface area contributed by atoms with Crippen LogP contribution in [-0.4, -0.2) is 24.1 Å². The van der Waals surface area contributed by atoms with E-state index in [1.807, 2.05) is 36.4 Å². The Morgan fingerprint density at radius 3 is 1.50 bits per heavy atom. The van der Waals surface area contributed by atoms with E-state index in [4.69, 9.17) is 15.0 Å². The maximum atomic E-state index is 5.16. The summed E-state index contributed by atoms with van der Waals surface area (Å²) in [5, 5.41) is 4.89. The molecule has 11 rings (SSSR count). The van der Waals surface area contributed by atoms with Crippen LogP contribution in [0, 0.1) is 0 Å². The Bertz CT molecular complexity index is 3240. The van der Waals surface area contributed by atoms with Crippen molar-refractivity contribution < 1.29 is 0 Å². The van der Waals surface area contributed by atoms with Crippen molar-refractivity contribution in [2.75, 3.05) is 0 Å². The van der Waals surface area contributed by atoms with Crippen LogP contribution in [0.2, 0.25) is 0 Å². The quantitative estimate of drug-likeness (QED) is 0.172. The monoisotopic (exact) mass is 715 g/mol. The molecule has 0 aliphatic carbocycles. The smallest absolute Gasteiger partial charge is 0.164 e. The molecule has 5 heteroatoms. The van der Waals surface area contributed by atoms with E-state index < -0.39 is 0 Å². The molecule has 11 aromatic rings. The van der Waals surface area contributed by atoms with Crippen LogP contribution in [0.5, 0.6) is 0 Å². The van der Waals surface area contributed by atoms with Gasteiger partial charge in [0, 0.05) is 49.6 Å². The van der Waals surface area contributed by atoms with E-state index in [0.29, 0.717) is 17.5 Å². The molecule has 0 saturated carbocycles. The van der Waals surface area contributed by atoms with E-state index in [0.717, 1.165) is 50.2 Å². The lowest BCUT2D eigenvalue weighted by Gasteiger charge is -2.12. The highest BCUT2D eigenvalue weighted by Crippen LogP contribution is 2.42. The third-order valence-corrected chi connectivity index (χ3v) is 10.7. The van der Waals surface area contributed by atoms with Gasteiger partial charge in [0.1, 0.15) is 0 Å². The number of para-hydroxylation sites is 3. The zero-order chi connectivity index (χ0) is 37.0. The van der Waals surface area contributed by atoms with Gasteiger partial charge < -0.3 is 9.13 Å². The zero-order valence-corrected chi connectivity index (χ0v) is 30.3.